The Kier molecular flexibility index (Phi) is 56.7. The Hall–Kier alpha value is -1.21. The van der Waals surface area contributed by atoms with E-state index < -0.39 is 36.9 Å². The molecule has 0 saturated heterocycles. The largest absolute Gasteiger partial charge is 0.394 e. The van der Waals surface area contributed by atoms with Crippen molar-refractivity contribution < 1.29 is 25.2 Å². The molecule has 0 aromatic heterocycles. The van der Waals surface area contributed by atoms with E-state index in [0.717, 1.165) is 44.9 Å². The molecule has 6 heteroatoms. The molecule has 410 valence electrons. The third-order valence-electron chi connectivity index (χ3n) is 14.9. The number of amides is 1. The Balaban J connectivity index is 3.59. The van der Waals surface area contributed by atoms with E-state index >= 15 is 0 Å². The lowest BCUT2D eigenvalue weighted by atomic mass is 9.99. The van der Waals surface area contributed by atoms with Gasteiger partial charge in [0.25, 0.3) is 0 Å². The number of aliphatic hydroxyl groups is 4. The van der Waals surface area contributed by atoms with Crippen LogP contribution in [0.4, 0.5) is 0 Å². The van der Waals surface area contributed by atoms with Gasteiger partial charge in [0.15, 0.2) is 0 Å². The smallest absolute Gasteiger partial charge is 0.249 e. The van der Waals surface area contributed by atoms with Gasteiger partial charge in [0.2, 0.25) is 5.91 Å². The molecule has 0 aromatic rings. The first kappa shape index (κ1) is 67.8. The lowest BCUT2D eigenvalue weighted by Crippen LogP contribution is -2.53. The van der Waals surface area contributed by atoms with Crippen LogP contribution >= 0.6 is 0 Å². The topological polar surface area (TPSA) is 110 Å². The van der Waals surface area contributed by atoms with E-state index in [0.29, 0.717) is 12.8 Å². The number of nitrogens with one attached hydrogen (secondary N) is 1. The van der Waals surface area contributed by atoms with Gasteiger partial charge in [-0.2, -0.15) is 0 Å². The van der Waals surface area contributed by atoms with E-state index in [1.54, 1.807) is 0 Å². The highest BCUT2D eigenvalue weighted by atomic mass is 16.3. The molecule has 4 unspecified atom stereocenters. The van der Waals surface area contributed by atoms with E-state index in [4.69, 9.17) is 0 Å². The van der Waals surface area contributed by atoms with Gasteiger partial charge in [-0.3, -0.25) is 4.79 Å². The van der Waals surface area contributed by atoms with Crippen LogP contribution in [0.1, 0.15) is 341 Å². The first-order valence-corrected chi connectivity index (χ1v) is 31.2. The van der Waals surface area contributed by atoms with Crippen LogP contribution in [-0.2, 0) is 4.79 Å². The first-order chi connectivity index (χ1) is 34.0. The lowest BCUT2D eigenvalue weighted by molar-refractivity contribution is -0.132. The van der Waals surface area contributed by atoms with Crippen LogP contribution in [0.5, 0.6) is 0 Å². The Morgan fingerprint density at radius 2 is 0.623 bits per heavy atom. The Bertz CT molecular complexity index is 1050. The van der Waals surface area contributed by atoms with Gasteiger partial charge < -0.3 is 25.7 Å². The second-order valence-corrected chi connectivity index (χ2v) is 21.8. The second kappa shape index (κ2) is 57.7. The number of rotatable bonds is 58. The molecule has 0 aliphatic heterocycles. The molecule has 0 spiro atoms. The van der Waals surface area contributed by atoms with Crippen LogP contribution in [0.15, 0.2) is 24.3 Å². The fourth-order valence-electron chi connectivity index (χ4n) is 10.0. The van der Waals surface area contributed by atoms with Gasteiger partial charge >= 0.3 is 0 Å². The minimum atomic E-state index is -1.26. The van der Waals surface area contributed by atoms with Crippen LogP contribution in [0.2, 0.25) is 0 Å². The van der Waals surface area contributed by atoms with Crippen LogP contribution in [-0.4, -0.2) is 57.3 Å². The molecule has 4 atom stereocenters. The zero-order valence-corrected chi connectivity index (χ0v) is 46.6. The Morgan fingerprint density at radius 3 is 0.913 bits per heavy atom. The van der Waals surface area contributed by atoms with Gasteiger partial charge in [-0.05, 0) is 44.9 Å². The third-order valence-corrected chi connectivity index (χ3v) is 14.9. The van der Waals surface area contributed by atoms with Crippen molar-refractivity contribution in [1.82, 2.24) is 5.32 Å². The maximum Gasteiger partial charge on any atom is 0.249 e. The summed E-state index contributed by atoms with van der Waals surface area (Å²) < 4.78 is 0. The number of unbranched alkanes of at least 4 members (excludes halogenated alkanes) is 45. The van der Waals surface area contributed by atoms with Crippen LogP contribution < -0.4 is 5.32 Å². The second-order valence-electron chi connectivity index (χ2n) is 21.8. The summed E-state index contributed by atoms with van der Waals surface area (Å²) in [6.45, 7) is 4.10. The first-order valence-electron chi connectivity index (χ1n) is 31.2. The quantitative estimate of drug-likeness (QED) is 0.0308. The maximum atomic E-state index is 12.6. The SMILES string of the molecule is CCCCCCCCCCC/C=C\C/C=C\CCCCCCCCCCC(O)C(=O)NC(CO)C(O)C(O)CCCCCCCCCCCCCCCCCCCCCCCCCCCCCCC. The van der Waals surface area contributed by atoms with E-state index in [9.17, 15) is 25.2 Å². The highest BCUT2D eigenvalue weighted by Gasteiger charge is 2.28. The summed E-state index contributed by atoms with van der Waals surface area (Å²) in [5.41, 5.74) is 0. The van der Waals surface area contributed by atoms with Crippen molar-refractivity contribution in [2.45, 2.75) is 366 Å². The summed E-state index contributed by atoms with van der Waals surface area (Å²) in [6.07, 6.45) is 71.2. The van der Waals surface area contributed by atoms with Crippen molar-refractivity contribution in [2.24, 2.45) is 0 Å². The Morgan fingerprint density at radius 1 is 0.362 bits per heavy atom. The van der Waals surface area contributed by atoms with Crippen molar-refractivity contribution in [3.8, 4) is 0 Å². The fraction of sp³-hybridized carbons (Fsp3) is 0.921. The molecule has 0 aliphatic rings. The normalized spacial score (nSPS) is 13.8. The molecular weight excluding hydrogens is 851 g/mol. The number of carbonyl (C=O) groups excluding carboxylic acids is 1. The molecule has 0 fully saturated rings. The molecule has 0 rings (SSSR count). The van der Waals surface area contributed by atoms with Crippen LogP contribution in [0.3, 0.4) is 0 Å². The predicted octanol–water partition coefficient (Wildman–Crippen LogP) is 18.6. The van der Waals surface area contributed by atoms with Gasteiger partial charge in [-0.25, -0.2) is 0 Å². The highest BCUT2D eigenvalue weighted by Crippen LogP contribution is 2.19. The van der Waals surface area contributed by atoms with E-state index in [2.05, 4.69) is 43.5 Å². The molecule has 5 N–H and O–H groups in total. The zero-order valence-electron chi connectivity index (χ0n) is 46.6. The van der Waals surface area contributed by atoms with Gasteiger partial charge in [0, 0.05) is 0 Å². The summed E-state index contributed by atoms with van der Waals surface area (Å²) in [4.78, 5) is 12.6. The predicted molar refractivity (Wildman–Crippen MR) is 302 cm³/mol. The fourth-order valence-corrected chi connectivity index (χ4v) is 10.0. The van der Waals surface area contributed by atoms with E-state index in [-0.39, 0.29) is 0 Å². The van der Waals surface area contributed by atoms with Crippen LogP contribution in [0.25, 0.3) is 0 Å². The molecule has 0 radical (unpaired) electrons. The maximum absolute atomic E-state index is 12.6. The minimum absolute atomic E-state index is 0.364. The zero-order chi connectivity index (χ0) is 50.2. The molecule has 0 aromatic carbocycles. The van der Waals surface area contributed by atoms with E-state index in [1.165, 1.54) is 270 Å². The van der Waals surface area contributed by atoms with Crippen molar-refractivity contribution >= 4 is 5.91 Å². The minimum Gasteiger partial charge on any atom is -0.394 e. The standard InChI is InChI=1S/C63H123NO5/c1-3-5-7-9-11-13-15-17-19-21-23-25-27-29-30-31-32-33-35-36-38-40-42-44-46-48-50-52-54-56-60(66)62(68)59(58-65)64-63(69)61(67)57-55-53-51-49-47-45-43-41-39-37-34-28-26-24-22-20-18-16-14-12-10-8-6-4-2/h24,26,34,37,59-62,65-68H,3-23,25,27-33,35-36,38-58H2,1-2H3,(H,64,69)/b26-24-,37-34-. The molecule has 69 heavy (non-hydrogen) atoms. The van der Waals surface area contributed by atoms with Crippen molar-refractivity contribution in [1.29, 1.82) is 0 Å². The van der Waals surface area contributed by atoms with Crippen molar-refractivity contribution in [3.05, 3.63) is 24.3 Å². The summed E-state index contributed by atoms with van der Waals surface area (Å²) >= 11 is 0. The third kappa shape index (κ3) is 51.5. The lowest BCUT2D eigenvalue weighted by Gasteiger charge is -2.27. The highest BCUT2D eigenvalue weighted by molar-refractivity contribution is 5.80. The number of hydrogen-bond acceptors (Lipinski definition) is 5. The molecule has 0 bridgehead atoms. The number of carbonyl (C=O) groups is 1. The average Bonchev–Trinajstić information content (AvgIpc) is 3.35. The van der Waals surface area contributed by atoms with Gasteiger partial charge in [0.05, 0.1) is 18.8 Å². The summed E-state index contributed by atoms with van der Waals surface area (Å²) in [7, 11) is 0. The molecule has 0 heterocycles. The number of allylic oxidation sites excluding steroid dienone is 4. The molecule has 1 amide bonds. The molecule has 6 nitrogen and oxygen atoms in total. The van der Waals surface area contributed by atoms with Crippen molar-refractivity contribution in [2.75, 3.05) is 6.61 Å². The summed E-state index contributed by atoms with van der Waals surface area (Å²) in [5, 5.41) is 44.1. The summed E-state index contributed by atoms with van der Waals surface area (Å²) in [5.74, 6) is -0.583. The monoisotopic (exact) mass is 974 g/mol. The number of hydrogen-bond donors (Lipinski definition) is 5. The van der Waals surface area contributed by atoms with Crippen LogP contribution in [0, 0.1) is 0 Å². The summed E-state index contributed by atoms with van der Waals surface area (Å²) in [6, 6.07) is -0.989. The van der Waals surface area contributed by atoms with E-state index in [1.807, 2.05) is 0 Å². The van der Waals surface area contributed by atoms with Gasteiger partial charge in [0.1, 0.15) is 12.2 Å². The van der Waals surface area contributed by atoms with Gasteiger partial charge in [-0.15, -0.1) is 0 Å². The molecule has 0 aliphatic carbocycles. The number of aliphatic hydroxyl groups excluding tert-OH is 4. The average molecular weight is 975 g/mol. The molecular formula is C63H123NO5. The van der Waals surface area contributed by atoms with Gasteiger partial charge in [-0.1, -0.05) is 321 Å². The molecule has 0 saturated carbocycles. The Labute approximate surface area is 431 Å². The van der Waals surface area contributed by atoms with Crippen molar-refractivity contribution in [3.63, 3.8) is 0 Å².